The molecule has 0 aliphatic rings. The third-order valence-corrected chi connectivity index (χ3v) is 2.69. The summed E-state index contributed by atoms with van der Waals surface area (Å²) in [6.45, 7) is 2.43. The monoisotopic (exact) mass is 247 g/mol. The maximum absolute atomic E-state index is 13.3. The zero-order valence-electron chi connectivity index (χ0n) is 9.27. The molecule has 0 aliphatic heterocycles. The molecule has 0 radical (unpaired) electrons. The molecular formula is C12H16ClF2N. The second-order valence-electron chi connectivity index (χ2n) is 3.85. The minimum absolute atomic E-state index is 0.281. The van der Waals surface area contributed by atoms with Crippen LogP contribution in [0.3, 0.4) is 0 Å². The molecule has 0 aromatic heterocycles. The van der Waals surface area contributed by atoms with E-state index < -0.39 is 11.6 Å². The zero-order valence-corrected chi connectivity index (χ0v) is 10.0. The highest BCUT2D eigenvalue weighted by molar-refractivity contribution is 6.17. The van der Waals surface area contributed by atoms with E-state index in [1.807, 2.05) is 6.92 Å². The van der Waals surface area contributed by atoms with Gasteiger partial charge in [0.2, 0.25) is 0 Å². The van der Waals surface area contributed by atoms with Crippen molar-refractivity contribution in [1.82, 2.24) is 5.32 Å². The van der Waals surface area contributed by atoms with E-state index in [-0.39, 0.29) is 6.04 Å². The van der Waals surface area contributed by atoms with Gasteiger partial charge >= 0.3 is 0 Å². The first kappa shape index (κ1) is 13.4. The van der Waals surface area contributed by atoms with E-state index in [2.05, 4.69) is 5.32 Å². The van der Waals surface area contributed by atoms with Crippen LogP contribution in [-0.4, -0.2) is 11.9 Å². The van der Waals surface area contributed by atoms with Gasteiger partial charge < -0.3 is 5.32 Å². The van der Waals surface area contributed by atoms with Crippen molar-refractivity contribution in [3.05, 3.63) is 35.4 Å². The Morgan fingerprint density at radius 3 is 2.75 bits per heavy atom. The Bertz CT molecular complexity index is 331. The molecule has 90 valence electrons. The van der Waals surface area contributed by atoms with Gasteiger partial charge in [-0.25, -0.2) is 8.78 Å². The molecule has 16 heavy (non-hydrogen) atoms. The van der Waals surface area contributed by atoms with Gasteiger partial charge in [-0.05, 0) is 25.8 Å². The van der Waals surface area contributed by atoms with Crippen molar-refractivity contribution in [3.63, 3.8) is 0 Å². The predicted octanol–water partition coefficient (Wildman–Crippen LogP) is 3.46. The van der Waals surface area contributed by atoms with Crippen LogP contribution in [0.1, 0.15) is 25.3 Å². The van der Waals surface area contributed by atoms with Crippen LogP contribution in [-0.2, 0) is 6.54 Å². The first-order valence-electron chi connectivity index (χ1n) is 5.36. The molecule has 1 aromatic carbocycles. The Kier molecular flexibility index (Phi) is 5.71. The van der Waals surface area contributed by atoms with E-state index in [9.17, 15) is 8.78 Å². The molecule has 0 fully saturated rings. The number of nitrogens with one attached hydrogen (secondary N) is 1. The Hall–Kier alpha value is -0.670. The topological polar surface area (TPSA) is 12.0 Å². The third-order valence-electron chi connectivity index (χ3n) is 2.43. The van der Waals surface area contributed by atoms with Crippen LogP contribution < -0.4 is 5.32 Å². The van der Waals surface area contributed by atoms with Gasteiger partial charge in [0, 0.05) is 30.1 Å². The van der Waals surface area contributed by atoms with E-state index in [4.69, 9.17) is 11.6 Å². The van der Waals surface area contributed by atoms with Crippen molar-refractivity contribution in [3.8, 4) is 0 Å². The van der Waals surface area contributed by atoms with Crippen LogP contribution in [0.25, 0.3) is 0 Å². The molecule has 0 aliphatic carbocycles. The molecule has 0 saturated carbocycles. The molecule has 1 atom stereocenters. The molecular weight excluding hydrogens is 232 g/mol. The van der Waals surface area contributed by atoms with Crippen LogP contribution in [0.2, 0.25) is 0 Å². The number of alkyl halides is 1. The summed E-state index contributed by atoms with van der Waals surface area (Å²) in [4.78, 5) is 0. The Morgan fingerprint density at radius 1 is 1.38 bits per heavy atom. The number of benzene rings is 1. The van der Waals surface area contributed by atoms with Gasteiger partial charge in [0.1, 0.15) is 11.6 Å². The fraction of sp³-hybridized carbons (Fsp3) is 0.500. The van der Waals surface area contributed by atoms with Gasteiger partial charge in [0.05, 0.1) is 0 Å². The first-order valence-corrected chi connectivity index (χ1v) is 5.90. The Labute approximate surface area is 99.8 Å². The standard InChI is InChI=1S/C12H16ClF2N/c1-9(3-2-6-13)16-8-10-4-5-11(14)7-12(10)15/h4-5,7,9,16H,2-3,6,8H2,1H3. The van der Waals surface area contributed by atoms with Gasteiger partial charge in [0.15, 0.2) is 0 Å². The van der Waals surface area contributed by atoms with E-state index in [0.29, 0.717) is 18.0 Å². The van der Waals surface area contributed by atoms with Crippen LogP contribution in [0.15, 0.2) is 18.2 Å². The summed E-state index contributed by atoms with van der Waals surface area (Å²) in [7, 11) is 0. The van der Waals surface area contributed by atoms with E-state index >= 15 is 0 Å². The predicted molar refractivity (Wildman–Crippen MR) is 62.6 cm³/mol. The molecule has 4 heteroatoms. The fourth-order valence-corrected chi connectivity index (χ4v) is 1.59. The smallest absolute Gasteiger partial charge is 0.130 e. The Morgan fingerprint density at radius 2 is 2.12 bits per heavy atom. The van der Waals surface area contributed by atoms with Gasteiger partial charge in [-0.1, -0.05) is 6.07 Å². The van der Waals surface area contributed by atoms with E-state index in [1.54, 1.807) is 0 Å². The maximum Gasteiger partial charge on any atom is 0.130 e. The van der Waals surface area contributed by atoms with Crippen molar-refractivity contribution in [2.45, 2.75) is 32.4 Å². The van der Waals surface area contributed by atoms with Gasteiger partial charge in [-0.2, -0.15) is 0 Å². The van der Waals surface area contributed by atoms with Crippen molar-refractivity contribution in [1.29, 1.82) is 0 Å². The van der Waals surface area contributed by atoms with Gasteiger partial charge in [-0.15, -0.1) is 11.6 Å². The zero-order chi connectivity index (χ0) is 12.0. The van der Waals surface area contributed by atoms with Gasteiger partial charge in [-0.3, -0.25) is 0 Å². The third kappa shape index (κ3) is 4.45. The summed E-state index contributed by atoms with van der Waals surface area (Å²) in [6, 6.07) is 3.92. The molecule has 0 heterocycles. The molecule has 1 aromatic rings. The second-order valence-corrected chi connectivity index (χ2v) is 4.23. The van der Waals surface area contributed by atoms with Crippen molar-refractivity contribution in [2.24, 2.45) is 0 Å². The molecule has 1 nitrogen and oxygen atoms in total. The summed E-state index contributed by atoms with van der Waals surface area (Å²) >= 11 is 5.58. The van der Waals surface area contributed by atoms with Crippen LogP contribution in [0.5, 0.6) is 0 Å². The highest BCUT2D eigenvalue weighted by Crippen LogP contribution is 2.09. The lowest BCUT2D eigenvalue weighted by Gasteiger charge is -2.13. The Balaban J connectivity index is 2.42. The summed E-state index contributed by atoms with van der Waals surface area (Å²) in [5.41, 5.74) is 0.485. The number of hydrogen-bond donors (Lipinski definition) is 1. The first-order chi connectivity index (χ1) is 7.63. The maximum atomic E-state index is 13.3. The molecule has 0 bridgehead atoms. The highest BCUT2D eigenvalue weighted by atomic mass is 35.5. The normalized spacial score (nSPS) is 12.8. The average molecular weight is 248 g/mol. The van der Waals surface area contributed by atoms with Crippen molar-refractivity contribution >= 4 is 11.6 Å². The molecule has 1 unspecified atom stereocenters. The van der Waals surface area contributed by atoms with E-state index in [0.717, 1.165) is 18.9 Å². The van der Waals surface area contributed by atoms with Crippen LogP contribution >= 0.6 is 11.6 Å². The minimum Gasteiger partial charge on any atom is -0.310 e. The van der Waals surface area contributed by atoms with Gasteiger partial charge in [0.25, 0.3) is 0 Å². The van der Waals surface area contributed by atoms with Crippen LogP contribution in [0.4, 0.5) is 8.78 Å². The lowest BCUT2D eigenvalue weighted by Crippen LogP contribution is -2.25. The lowest BCUT2D eigenvalue weighted by molar-refractivity contribution is 0.494. The van der Waals surface area contributed by atoms with Crippen LogP contribution in [0, 0.1) is 11.6 Å². The lowest BCUT2D eigenvalue weighted by atomic mass is 10.1. The largest absolute Gasteiger partial charge is 0.310 e. The molecule has 0 saturated heterocycles. The molecule has 1 rings (SSSR count). The number of halogens is 3. The van der Waals surface area contributed by atoms with E-state index in [1.165, 1.54) is 12.1 Å². The minimum atomic E-state index is -0.545. The second kappa shape index (κ2) is 6.81. The average Bonchev–Trinajstić information content (AvgIpc) is 2.25. The summed E-state index contributed by atoms with van der Waals surface area (Å²) in [6.07, 6.45) is 1.88. The summed E-state index contributed by atoms with van der Waals surface area (Å²) in [5.74, 6) is -0.412. The number of rotatable bonds is 6. The van der Waals surface area contributed by atoms with Crippen molar-refractivity contribution < 1.29 is 8.78 Å². The van der Waals surface area contributed by atoms with Crippen molar-refractivity contribution in [2.75, 3.05) is 5.88 Å². The molecule has 1 N–H and O–H groups in total. The molecule has 0 spiro atoms. The summed E-state index contributed by atoms with van der Waals surface area (Å²) < 4.78 is 25.9. The number of hydrogen-bond acceptors (Lipinski definition) is 1. The quantitative estimate of drug-likeness (QED) is 0.759. The highest BCUT2D eigenvalue weighted by Gasteiger charge is 2.05. The molecule has 0 amide bonds. The SMILES string of the molecule is CC(CCCCl)NCc1ccc(F)cc1F. The summed E-state index contributed by atoms with van der Waals surface area (Å²) in [5, 5.41) is 3.17. The fourth-order valence-electron chi connectivity index (χ4n) is 1.43.